The van der Waals surface area contributed by atoms with E-state index in [-0.39, 0.29) is 6.04 Å². The number of esters is 2. The monoisotopic (exact) mass is 369 g/mol. The van der Waals surface area contributed by atoms with E-state index in [1.807, 2.05) is 30.3 Å². The Morgan fingerprint density at radius 3 is 2.22 bits per heavy atom. The lowest BCUT2D eigenvalue weighted by Crippen LogP contribution is -2.16. The second kappa shape index (κ2) is 9.21. The molecule has 0 amide bonds. The van der Waals surface area contributed by atoms with Crippen molar-refractivity contribution < 1.29 is 19.1 Å². The molecule has 27 heavy (non-hydrogen) atoms. The van der Waals surface area contributed by atoms with E-state index in [0.29, 0.717) is 5.56 Å². The van der Waals surface area contributed by atoms with Crippen molar-refractivity contribution in [3.63, 3.8) is 0 Å². The van der Waals surface area contributed by atoms with Crippen molar-refractivity contribution >= 4 is 17.6 Å². The molecule has 0 heterocycles. The van der Waals surface area contributed by atoms with Crippen LogP contribution < -0.4 is 5.32 Å². The highest BCUT2D eigenvalue weighted by atomic mass is 16.7. The average molecular weight is 369 g/mol. The lowest BCUT2D eigenvalue weighted by Gasteiger charge is -2.22. The number of aryl methyl sites for hydroxylation is 2. The van der Waals surface area contributed by atoms with Crippen molar-refractivity contribution in [3.05, 3.63) is 64.7 Å². The largest absolute Gasteiger partial charge is 0.421 e. The van der Waals surface area contributed by atoms with Gasteiger partial charge in [-0.3, -0.25) is 9.59 Å². The van der Waals surface area contributed by atoms with Crippen LogP contribution in [-0.4, -0.2) is 11.9 Å². The fourth-order valence-electron chi connectivity index (χ4n) is 3.04. The molecule has 2 aromatic rings. The van der Waals surface area contributed by atoms with E-state index >= 15 is 0 Å². The molecule has 0 saturated heterocycles. The van der Waals surface area contributed by atoms with Crippen molar-refractivity contribution in [1.82, 2.24) is 0 Å². The van der Waals surface area contributed by atoms with Gasteiger partial charge in [-0.2, -0.15) is 0 Å². The molecular weight excluding hydrogens is 342 g/mol. The molecule has 0 saturated carbocycles. The molecule has 1 N–H and O–H groups in total. The molecule has 2 aromatic carbocycles. The van der Waals surface area contributed by atoms with Crippen LogP contribution in [0.4, 0.5) is 5.69 Å². The Labute approximate surface area is 160 Å². The summed E-state index contributed by atoms with van der Waals surface area (Å²) in [5.41, 5.74) is 5.16. The molecule has 0 aliphatic rings. The average Bonchev–Trinajstić information content (AvgIpc) is 2.61. The summed E-state index contributed by atoms with van der Waals surface area (Å²) in [6.07, 6.45) is -0.253. The van der Waals surface area contributed by atoms with E-state index in [4.69, 9.17) is 9.47 Å². The number of hydrogen-bond acceptors (Lipinski definition) is 5. The van der Waals surface area contributed by atoms with Crippen molar-refractivity contribution in [1.29, 1.82) is 0 Å². The number of hydrogen-bond donors (Lipinski definition) is 1. The fourth-order valence-corrected chi connectivity index (χ4v) is 3.04. The Kier molecular flexibility index (Phi) is 6.99. The van der Waals surface area contributed by atoms with Gasteiger partial charge in [0.2, 0.25) is 0 Å². The Hall–Kier alpha value is -2.82. The maximum Gasteiger partial charge on any atom is 0.305 e. The summed E-state index contributed by atoms with van der Waals surface area (Å²) in [6, 6.07) is 14.1. The summed E-state index contributed by atoms with van der Waals surface area (Å²) < 4.78 is 10.3. The van der Waals surface area contributed by atoms with Crippen molar-refractivity contribution in [2.24, 2.45) is 0 Å². The molecule has 5 nitrogen and oxygen atoms in total. The summed E-state index contributed by atoms with van der Waals surface area (Å²) >= 11 is 0. The Morgan fingerprint density at radius 2 is 1.67 bits per heavy atom. The van der Waals surface area contributed by atoms with Crippen LogP contribution in [0.15, 0.2) is 42.5 Å². The van der Waals surface area contributed by atoms with Gasteiger partial charge in [-0.25, -0.2) is 0 Å². The van der Waals surface area contributed by atoms with Crippen molar-refractivity contribution in [2.45, 2.75) is 53.4 Å². The van der Waals surface area contributed by atoms with Gasteiger partial charge in [0.15, 0.2) is 0 Å². The maximum absolute atomic E-state index is 11.3. The minimum atomic E-state index is -1.03. The van der Waals surface area contributed by atoms with Gasteiger partial charge in [-0.1, -0.05) is 31.2 Å². The maximum atomic E-state index is 11.3. The van der Waals surface area contributed by atoms with E-state index in [2.05, 4.69) is 38.2 Å². The fraction of sp³-hybridized carbons (Fsp3) is 0.364. The number of ether oxygens (including phenoxy) is 2. The van der Waals surface area contributed by atoms with Gasteiger partial charge in [0.25, 0.3) is 6.29 Å². The lowest BCUT2D eigenvalue weighted by molar-refractivity contribution is -0.186. The highest BCUT2D eigenvalue weighted by Gasteiger charge is 2.20. The number of benzene rings is 2. The first kappa shape index (κ1) is 20.5. The van der Waals surface area contributed by atoms with Crippen molar-refractivity contribution in [2.75, 3.05) is 5.32 Å². The quantitative estimate of drug-likeness (QED) is 0.558. The van der Waals surface area contributed by atoms with Gasteiger partial charge < -0.3 is 14.8 Å². The van der Waals surface area contributed by atoms with Gasteiger partial charge in [0.1, 0.15) is 0 Å². The first-order chi connectivity index (χ1) is 12.8. The number of carbonyl (C=O) groups is 2. The van der Waals surface area contributed by atoms with Crippen LogP contribution in [0.5, 0.6) is 0 Å². The zero-order chi connectivity index (χ0) is 20.0. The van der Waals surface area contributed by atoms with Crippen LogP contribution >= 0.6 is 0 Å². The van der Waals surface area contributed by atoms with Crippen LogP contribution in [0.25, 0.3) is 0 Å². The first-order valence-electron chi connectivity index (χ1n) is 9.11. The number of carbonyl (C=O) groups excluding carboxylic acids is 2. The van der Waals surface area contributed by atoms with Gasteiger partial charge >= 0.3 is 11.9 Å². The first-order valence-corrected chi connectivity index (χ1v) is 9.11. The Morgan fingerprint density at radius 1 is 1.04 bits per heavy atom. The molecular formula is C22H27NO4. The molecule has 1 atom stereocenters. The van der Waals surface area contributed by atoms with E-state index in [0.717, 1.165) is 17.7 Å². The van der Waals surface area contributed by atoms with Gasteiger partial charge in [-0.05, 0) is 55.2 Å². The molecule has 2 rings (SSSR count). The molecule has 0 radical (unpaired) electrons. The van der Waals surface area contributed by atoms with Crippen LogP contribution in [0.2, 0.25) is 0 Å². The van der Waals surface area contributed by atoms with Crippen LogP contribution in [0.3, 0.4) is 0 Å². The molecule has 0 spiro atoms. The normalized spacial score (nSPS) is 11.8. The number of anilines is 1. The minimum absolute atomic E-state index is 0.139. The Balaban J connectivity index is 2.28. The predicted molar refractivity (Wildman–Crippen MR) is 105 cm³/mol. The standard InChI is InChI=1S/C22H27NO4/c1-6-18-13-19(22(26-16(4)24)27-17(5)25)11-12-21(18)23-15(3)20-10-8-7-9-14(20)2/h7-13,15,22-23H,6H2,1-5H3. The predicted octanol–water partition coefficient (Wildman–Crippen LogP) is 4.86. The van der Waals surface area contributed by atoms with E-state index < -0.39 is 18.2 Å². The molecule has 0 aromatic heterocycles. The topological polar surface area (TPSA) is 64.6 Å². The van der Waals surface area contributed by atoms with Gasteiger partial charge in [0.05, 0.1) is 0 Å². The molecule has 0 fully saturated rings. The summed E-state index contributed by atoms with van der Waals surface area (Å²) in [5.74, 6) is -1.01. The third kappa shape index (κ3) is 5.58. The van der Waals surface area contributed by atoms with E-state index in [9.17, 15) is 9.59 Å². The molecule has 0 aliphatic carbocycles. The van der Waals surface area contributed by atoms with E-state index in [1.165, 1.54) is 25.0 Å². The van der Waals surface area contributed by atoms with E-state index in [1.54, 1.807) is 0 Å². The number of nitrogens with one attached hydrogen (secondary N) is 1. The number of rotatable bonds is 7. The summed E-state index contributed by atoms with van der Waals surface area (Å²) in [6.45, 7) is 8.85. The van der Waals surface area contributed by atoms with Crippen LogP contribution in [0.1, 0.15) is 62.3 Å². The lowest BCUT2D eigenvalue weighted by atomic mass is 10.0. The molecule has 5 heteroatoms. The third-order valence-electron chi connectivity index (χ3n) is 4.36. The Bertz CT molecular complexity index is 800. The van der Waals surface area contributed by atoms with Gasteiger partial charge in [0, 0.05) is 31.1 Å². The third-order valence-corrected chi connectivity index (χ3v) is 4.36. The zero-order valence-electron chi connectivity index (χ0n) is 16.5. The van der Waals surface area contributed by atoms with Crippen molar-refractivity contribution in [3.8, 4) is 0 Å². The SMILES string of the molecule is CCc1cc(C(OC(C)=O)OC(C)=O)ccc1NC(C)c1ccccc1C. The van der Waals surface area contributed by atoms with Gasteiger partial charge in [-0.15, -0.1) is 0 Å². The molecule has 1 unspecified atom stereocenters. The summed E-state index contributed by atoms with van der Waals surface area (Å²) in [5, 5.41) is 3.55. The molecule has 0 aliphatic heterocycles. The van der Waals surface area contributed by atoms with Crippen LogP contribution in [0, 0.1) is 6.92 Å². The second-order valence-electron chi connectivity index (χ2n) is 6.54. The second-order valence-corrected chi connectivity index (χ2v) is 6.54. The minimum Gasteiger partial charge on any atom is -0.421 e. The van der Waals surface area contributed by atoms with Crippen LogP contribution in [-0.2, 0) is 25.5 Å². The zero-order valence-corrected chi connectivity index (χ0v) is 16.5. The highest BCUT2D eigenvalue weighted by Crippen LogP contribution is 2.29. The smallest absolute Gasteiger partial charge is 0.305 e. The molecule has 0 bridgehead atoms. The molecule has 144 valence electrons. The summed E-state index contributed by atoms with van der Waals surface area (Å²) in [4.78, 5) is 22.7. The summed E-state index contributed by atoms with van der Waals surface area (Å²) in [7, 11) is 0. The highest BCUT2D eigenvalue weighted by molar-refractivity contribution is 5.68.